The van der Waals surface area contributed by atoms with E-state index in [0.717, 1.165) is 0 Å². The summed E-state index contributed by atoms with van der Waals surface area (Å²) in [4.78, 5) is 27.4. The van der Waals surface area contributed by atoms with Crippen LogP contribution in [0.1, 0.15) is 38.3 Å². The summed E-state index contributed by atoms with van der Waals surface area (Å²) in [6.45, 7) is 6.85. The quantitative estimate of drug-likeness (QED) is 0.839. The van der Waals surface area contributed by atoms with E-state index >= 15 is 0 Å². The van der Waals surface area contributed by atoms with E-state index in [0.29, 0.717) is 0 Å². The summed E-state index contributed by atoms with van der Waals surface area (Å²) in [5.74, 6) is -0.247. The minimum absolute atomic E-state index is 0.0835. The molecule has 1 rings (SSSR count). The number of ketones is 1. The van der Waals surface area contributed by atoms with Crippen molar-refractivity contribution in [2.45, 2.75) is 39.4 Å². The number of nitrogens with one attached hydrogen (secondary N) is 1. The fourth-order valence-corrected chi connectivity index (χ4v) is 1.26. The molecule has 0 aliphatic heterocycles. The van der Waals surface area contributed by atoms with Crippen molar-refractivity contribution in [1.82, 2.24) is 9.66 Å². The zero-order valence-corrected chi connectivity index (χ0v) is 11.8. The van der Waals surface area contributed by atoms with Crippen molar-refractivity contribution in [1.29, 1.82) is 0 Å². The summed E-state index contributed by atoms with van der Waals surface area (Å²) in [6, 6.07) is 0. The molecule has 1 aromatic heterocycles. The SMILES string of the molecule is COC(C)C(=O)c1nccn1NC(=O)OC(C)(C)C. The summed E-state index contributed by atoms with van der Waals surface area (Å²) >= 11 is 0. The van der Waals surface area contributed by atoms with Crippen LogP contribution < -0.4 is 5.43 Å². The van der Waals surface area contributed by atoms with Gasteiger partial charge in [0.05, 0.1) is 0 Å². The molecule has 0 spiro atoms. The van der Waals surface area contributed by atoms with E-state index in [1.165, 1.54) is 24.2 Å². The van der Waals surface area contributed by atoms with Crippen molar-refractivity contribution in [3.8, 4) is 0 Å². The average Bonchev–Trinajstić information content (AvgIpc) is 2.72. The van der Waals surface area contributed by atoms with Crippen LogP contribution in [0.4, 0.5) is 4.79 Å². The van der Waals surface area contributed by atoms with Gasteiger partial charge in [-0.3, -0.25) is 4.79 Å². The van der Waals surface area contributed by atoms with E-state index in [9.17, 15) is 9.59 Å². The van der Waals surface area contributed by atoms with Gasteiger partial charge in [-0.1, -0.05) is 0 Å². The molecule has 0 saturated carbocycles. The highest BCUT2D eigenvalue weighted by Gasteiger charge is 2.22. The molecule has 19 heavy (non-hydrogen) atoms. The summed E-state index contributed by atoms with van der Waals surface area (Å²) in [7, 11) is 1.43. The van der Waals surface area contributed by atoms with Crippen LogP contribution in [-0.2, 0) is 9.47 Å². The number of carbonyl (C=O) groups is 2. The third kappa shape index (κ3) is 4.36. The standard InChI is InChI=1S/C12H19N3O4/c1-8(18-5)9(16)10-13-6-7-15(10)14-11(17)19-12(2,3)4/h6-8H,1-5H3,(H,14,17). The zero-order valence-electron chi connectivity index (χ0n) is 11.8. The number of hydrogen-bond acceptors (Lipinski definition) is 5. The first-order valence-corrected chi connectivity index (χ1v) is 5.85. The largest absolute Gasteiger partial charge is 0.443 e. The first-order chi connectivity index (χ1) is 8.74. The van der Waals surface area contributed by atoms with E-state index in [1.54, 1.807) is 27.7 Å². The number of aromatic nitrogens is 2. The topological polar surface area (TPSA) is 82.5 Å². The molecule has 0 bridgehead atoms. The second-order valence-electron chi connectivity index (χ2n) is 4.98. The minimum atomic E-state index is -0.662. The van der Waals surface area contributed by atoms with E-state index in [2.05, 4.69) is 10.4 Å². The van der Waals surface area contributed by atoms with Crippen molar-refractivity contribution < 1.29 is 19.1 Å². The first kappa shape index (κ1) is 15.2. The predicted molar refractivity (Wildman–Crippen MR) is 68.6 cm³/mol. The monoisotopic (exact) mass is 269 g/mol. The Kier molecular flexibility index (Phi) is 4.66. The summed E-state index contributed by atoms with van der Waals surface area (Å²) < 4.78 is 11.2. The molecule has 106 valence electrons. The highest BCUT2D eigenvalue weighted by molar-refractivity contribution is 5.96. The van der Waals surface area contributed by atoms with Crippen LogP contribution in [-0.4, -0.2) is 40.4 Å². The molecular formula is C12H19N3O4. The molecule has 1 heterocycles. The fraction of sp³-hybridized carbons (Fsp3) is 0.583. The maximum atomic E-state index is 11.9. The van der Waals surface area contributed by atoms with E-state index < -0.39 is 17.8 Å². The van der Waals surface area contributed by atoms with Crippen LogP contribution in [0, 0.1) is 0 Å². The molecule has 0 radical (unpaired) electrons. The Hall–Kier alpha value is -1.89. The van der Waals surface area contributed by atoms with Crippen molar-refractivity contribution in [2.75, 3.05) is 12.5 Å². The Morgan fingerprint density at radius 1 is 1.42 bits per heavy atom. The van der Waals surface area contributed by atoms with E-state index in [4.69, 9.17) is 9.47 Å². The molecule has 7 heteroatoms. The van der Waals surface area contributed by atoms with Gasteiger partial charge in [-0.05, 0) is 27.7 Å². The van der Waals surface area contributed by atoms with Crippen LogP contribution >= 0.6 is 0 Å². The molecule has 7 nitrogen and oxygen atoms in total. The molecule has 0 fully saturated rings. The van der Waals surface area contributed by atoms with E-state index in [-0.39, 0.29) is 11.6 Å². The number of hydrogen-bond donors (Lipinski definition) is 1. The number of rotatable bonds is 4. The number of nitrogens with zero attached hydrogens (tertiary/aromatic N) is 2. The van der Waals surface area contributed by atoms with Gasteiger partial charge < -0.3 is 9.47 Å². The van der Waals surface area contributed by atoms with Gasteiger partial charge in [0.2, 0.25) is 5.78 Å². The van der Waals surface area contributed by atoms with Gasteiger partial charge in [-0.2, -0.15) is 0 Å². The maximum absolute atomic E-state index is 11.9. The van der Waals surface area contributed by atoms with Gasteiger partial charge >= 0.3 is 6.09 Å². The summed E-state index contributed by atoms with van der Waals surface area (Å²) in [6.07, 6.45) is 1.57. The third-order valence-corrected chi connectivity index (χ3v) is 2.19. The Bertz CT molecular complexity index is 462. The Balaban J connectivity index is 2.79. The number of ether oxygens (including phenoxy) is 2. The molecule has 0 aliphatic carbocycles. The van der Waals surface area contributed by atoms with Crippen molar-refractivity contribution >= 4 is 11.9 Å². The maximum Gasteiger partial charge on any atom is 0.427 e. The highest BCUT2D eigenvalue weighted by atomic mass is 16.6. The molecule has 0 aromatic carbocycles. The van der Waals surface area contributed by atoms with Crippen molar-refractivity contribution in [2.24, 2.45) is 0 Å². The van der Waals surface area contributed by atoms with Gasteiger partial charge in [0.15, 0.2) is 5.82 Å². The van der Waals surface area contributed by atoms with Gasteiger partial charge in [-0.15, -0.1) is 0 Å². The number of amides is 1. The molecule has 1 unspecified atom stereocenters. The van der Waals surface area contributed by atoms with Gasteiger partial charge in [-0.25, -0.2) is 19.9 Å². The molecule has 0 saturated heterocycles. The second-order valence-corrected chi connectivity index (χ2v) is 4.98. The molecule has 1 aromatic rings. The normalized spacial score (nSPS) is 12.9. The number of methoxy groups -OCH3 is 1. The number of carbonyl (C=O) groups excluding carboxylic acids is 2. The highest BCUT2D eigenvalue weighted by Crippen LogP contribution is 2.08. The molecule has 0 aliphatic rings. The Morgan fingerprint density at radius 3 is 2.58 bits per heavy atom. The van der Waals surface area contributed by atoms with Crippen LogP contribution in [0.3, 0.4) is 0 Å². The fourth-order valence-electron chi connectivity index (χ4n) is 1.26. The lowest BCUT2D eigenvalue weighted by Crippen LogP contribution is -2.34. The van der Waals surface area contributed by atoms with Crippen LogP contribution in [0.25, 0.3) is 0 Å². The lowest BCUT2D eigenvalue weighted by atomic mass is 10.2. The van der Waals surface area contributed by atoms with E-state index in [1.807, 2.05) is 0 Å². The van der Waals surface area contributed by atoms with Crippen LogP contribution in [0.2, 0.25) is 0 Å². The molecule has 1 amide bonds. The van der Waals surface area contributed by atoms with Gasteiger partial charge in [0, 0.05) is 19.5 Å². The zero-order chi connectivity index (χ0) is 14.6. The van der Waals surface area contributed by atoms with Crippen LogP contribution in [0.5, 0.6) is 0 Å². The lowest BCUT2D eigenvalue weighted by molar-refractivity contribution is 0.0603. The second kappa shape index (κ2) is 5.83. The molecule has 1 atom stereocenters. The summed E-state index contributed by atoms with van der Waals surface area (Å²) in [5, 5.41) is 0. The number of imidazole rings is 1. The van der Waals surface area contributed by atoms with Crippen LogP contribution in [0.15, 0.2) is 12.4 Å². The number of Topliss-reactive ketones (excluding diaryl/α,β-unsaturated/α-hetero) is 1. The smallest absolute Gasteiger partial charge is 0.427 e. The Labute approximate surface area is 111 Å². The minimum Gasteiger partial charge on any atom is -0.443 e. The average molecular weight is 269 g/mol. The molecular weight excluding hydrogens is 250 g/mol. The lowest BCUT2D eigenvalue weighted by Gasteiger charge is -2.20. The van der Waals surface area contributed by atoms with Gasteiger partial charge in [0.25, 0.3) is 0 Å². The summed E-state index contributed by atoms with van der Waals surface area (Å²) in [5.41, 5.74) is 1.81. The Morgan fingerprint density at radius 2 is 2.05 bits per heavy atom. The van der Waals surface area contributed by atoms with Crippen molar-refractivity contribution in [3.63, 3.8) is 0 Å². The van der Waals surface area contributed by atoms with Gasteiger partial charge in [0.1, 0.15) is 11.7 Å². The first-order valence-electron chi connectivity index (χ1n) is 5.85. The molecule has 1 N–H and O–H groups in total. The van der Waals surface area contributed by atoms with Crippen molar-refractivity contribution in [3.05, 3.63) is 18.2 Å². The third-order valence-electron chi connectivity index (χ3n) is 2.19. The predicted octanol–water partition coefficient (Wildman–Crippen LogP) is 1.58.